The molecule has 0 saturated carbocycles. The number of hydrogen-bond acceptors (Lipinski definition) is 4. The van der Waals surface area contributed by atoms with Crippen molar-refractivity contribution in [1.29, 1.82) is 0 Å². The van der Waals surface area contributed by atoms with Crippen molar-refractivity contribution in [2.24, 2.45) is 12.0 Å². The average Bonchev–Trinajstić information content (AvgIpc) is 2.86. The van der Waals surface area contributed by atoms with Crippen molar-refractivity contribution in [2.45, 2.75) is 20.4 Å². The first-order valence-corrected chi connectivity index (χ1v) is 8.60. The van der Waals surface area contributed by atoms with E-state index >= 15 is 0 Å². The number of rotatable bonds is 8. The summed E-state index contributed by atoms with van der Waals surface area (Å²) in [7, 11) is -1.28. The standard InChI is InChI=1S/C12H24N6O2S/c1-4-13-12(14-8-9-17-21(19,20)5-2)15-10-11-6-7-16-18(11)3/h6-7,17H,4-5,8-10H2,1-3H3,(H2,13,14,15). The molecule has 0 aliphatic carbocycles. The molecule has 1 aromatic heterocycles. The summed E-state index contributed by atoms with van der Waals surface area (Å²) in [5.74, 6) is 0.733. The molecule has 0 unspecified atom stereocenters. The van der Waals surface area contributed by atoms with Crippen molar-refractivity contribution < 1.29 is 8.42 Å². The number of aryl methyl sites for hydroxylation is 1. The van der Waals surface area contributed by atoms with E-state index in [-0.39, 0.29) is 5.75 Å². The monoisotopic (exact) mass is 316 g/mol. The maximum Gasteiger partial charge on any atom is 0.211 e. The lowest BCUT2D eigenvalue weighted by molar-refractivity contribution is 0.581. The molecule has 1 heterocycles. The molecule has 0 spiro atoms. The SMILES string of the molecule is CCNC(=NCc1ccnn1C)NCCNS(=O)(=O)CC. The molecule has 9 heteroatoms. The Morgan fingerprint density at radius 1 is 1.33 bits per heavy atom. The van der Waals surface area contributed by atoms with Crippen LogP contribution in [0.25, 0.3) is 0 Å². The number of sulfonamides is 1. The van der Waals surface area contributed by atoms with Gasteiger partial charge in [-0.25, -0.2) is 18.1 Å². The van der Waals surface area contributed by atoms with Crippen LogP contribution in [0, 0.1) is 0 Å². The number of aromatic nitrogens is 2. The molecular weight excluding hydrogens is 292 g/mol. The second-order valence-corrected chi connectivity index (χ2v) is 6.46. The van der Waals surface area contributed by atoms with Gasteiger partial charge in [-0.15, -0.1) is 0 Å². The Hall–Kier alpha value is -1.61. The molecule has 0 aliphatic heterocycles. The number of aliphatic imine (C=N–C) groups is 1. The van der Waals surface area contributed by atoms with E-state index < -0.39 is 10.0 Å². The Kier molecular flexibility index (Phi) is 7.17. The van der Waals surface area contributed by atoms with Crippen molar-refractivity contribution >= 4 is 16.0 Å². The van der Waals surface area contributed by atoms with Gasteiger partial charge in [-0.05, 0) is 19.9 Å². The third-order valence-electron chi connectivity index (χ3n) is 2.79. The average molecular weight is 316 g/mol. The van der Waals surface area contributed by atoms with Crippen LogP contribution in [0.3, 0.4) is 0 Å². The van der Waals surface area contributed by atoms with E-state index in [2.05, 4.69) is 25.4 Å². The van der Waals surface area contributed by atoms with Gasteiger partial charge in [0.1, 0.15) is 0 Å². The van der Waals surface area contributed by atoms with Gasteiger partial charge in [-0.1, -0.05) is 0 Å². The fourth-order valence-corrected chi connectivity index (χ4v) is 2.16. The summed E-state index contributed by atoms with van der Waals surface area (Å²) < 4.78 is 26.9. The Morgan fingerprint density at radius 3 is 2.67 bits per heavy atom. The van der Waals surface area contributed by atoms with E-state index in [1.54, 1.807) is 17.8 Å². The van der Waals surface area contributed by atoms with Crippen molar-refractivity contribution in [3.63, 3.8) is 0 Å². The normalized spacial score (nSPS) is 12.4. The second kappa shape index (κ2) is 8.63. The first-order chi connectivity index (χ1) is 9.98. The van der Waals surface area contributed by atoms with Crippen LogP contribution in [0.2, 0.25) is 0 Å². The molecule has 1 rings (SSSR count). The molecule has 120 valence electrons. The predicted octanol–water partition coefficient (Wildman–Crippen LogP) is -0.585. The number of nitrogens with zero attached hydrogens (tertiary/aromatic N) is 3. The highest BCUT2D eigenvalue weighted by Crippen LogP contribution is 1.97. The fourth-order valence-electron chi connectivity index (χ4n) is 1.55. The van der Waals surface area contributed by atoms with Gasteiger partial charge in [-0.2, -0.15) is 5.10 Å². The Balaban J connectivity index is 2.44. The third-order valence-corrected chi connectivity index (χ3v) is 4.19. The van der Waals surface area contributed by atoms with Crippen LogP contribution < -0.4 is 15.4 Å². The van der Waals surface area contributed by atoms with E-state index in [0.717, 1.165) is 12.2 Å². The van der Waals surface area contributed by atoms with Crippen LogP contribution in [0.5, 0.6) is 0 Å². The van der Waals surface area contributed by atoms with E-state index in [0.29, 0.717) is 25.6 Å². The number of nitrogens with one attached hydrogen (secondary N) is 3. The summed E-state index contributed by atoms with van der Waals surface area (Å²) in [5.41, 5.74) is 0.999. The van der Waals surface area contributed by atoms with E-state index in [9.17, 15) is 8.42 Å². The molecule has 1 aromatic rings. The van der Waals surface area contributed by atoms with E-state index in [4.69, 9.17) is 0 Å². The summed E-state index contributed by atoms with van der Waals surface area (Å²) in [6.07, 6.45) is 1.73. The number of hydrogen-bond donors (Lipinski definition) is 3. The van der Waals surface area contributed by atoms with Gasteiger partial charge in [0.25, 0.3) is 0 Å². The molecule has 0 fully saturated rings. The van der Waals surface area contributed by atoms with Crippen LogP contribution in [0.1, 0.15) is 19.5 Å². The molecule has 21 heavy (non-hydrogen) atoms. The minimum Gasteiger partial charge on any atom is -0.357 e. The maximum atomic E-state index is 11.3. The van der Waals surface area contributed by atoms with Crippen LogP contribution in [-0.2, 0) is 23.6 Å². The van der Waals surface area contributed by atoms with Gasteiger partial charge in [0.2, 0.25) is 10.0 Å². The topological polar surface area (TPSA) is 100 Å². The predicted molar refractivity (Wildman–Crippen MR) is 83.5 cm³/mol. The Morgan fingerprint density at radius 2 is 2.10 bits per heavy atom. The van der Waals surface area contributed by atoms with Gasteiger partial charge in [0.15, 0.2) is 5.96 Å². The lowest BCUT2D eigenvalue weighted by Gasteiger charge is -2.11. The third kappa shape index (κ3) is 6.58. The fraction of sp³-hybridized carbons (Fsp3) is 0.667. The highest BCUT2D eigenvalue weighted by Gasteiger charge is 2.05. The summed E-state index contributed by atoms with van der Waals surface area (Å²) >= 11 is 0. The van der Waals surface area contributed by atoms with E-state index in [1.165, 1.54) is 0 Å². The van der Waals surface area contributed by atoms with Crippen molar-refractivity contribution in [3.05, 3.63) is 18.0 Å². The number of guanidine groups is 1. The summed E-state index contributed by atoms with van der Waals surface area (Å²) in [5, 5.41) is 10.3. The second-order valence-electron chi connectivity index (χ2n) is 4.37. The molecule has 3 N–H and O–H groups in total. The van der Waals surface area contributed by atoms with Gasteiger partial charge in [-0.3, -0.25) is 4.68 Å². The highest BCUT2D eigenvalue weighted by molar-refractivity contribution is 7.89. The largest absolute Gasteiger partial charge is 0.357 e. The Labute approximate surface area is 126 Å². The van der Waals surface area contributed by atoms with Crippen molar-refractivity contribution in [1.82, 2.24) is 25.1 Å². The van der Waals surface area contributed by atoms with Crippen LogP contribution in [0.4, 0.5) is 0 Å². The van der Waals surface area contributed by atoms with Gasteiger partial charge in [0, 0.05) is 32.9 Å². The molecule has 0 saturated heterocycles. The van der Waals surface area contributed by atoms with Gasteiger partial charge in [0.05, 0.1) is 18.0 Å². The quantitative estimate of drug-likeness (QED) is 0.338. The summed E-state index contributed by atoms with van der Waals surface area (Å²) in [6, 6.07) is 1.91. The zero-order valence-corrected chi connectivity index (χ0v) is 13.6. The van der Waals surface area contributed by atoms with Crippen LogP contribution >= 0.6 is 0 Å². The lowest BCUT2D eigenvalue weighted by Crippen LogP contribution is -2.41. The molecule has 0 bridgehead atoms. The zero-order valence-electron chi connectivity index (χ0n) is 12.8. The zero-order chi connectivity index (χ0) is 15.7. The van der Waals surface area contributed by atoms with E-state index in [1.807, 2.05) is 20.0 Å². The first-order valence-electron chi connectivity index (χ1n) is 6.95. The molecular formula is C12H24N6O2S. The maximum absolute atomic E-state index is 11.3. The minimum atomic E-state index is -3.14. The summed E-state index contributed by atoms with van der Waals surface area (Å²) in [6.45, 7) is 5.61. The molecule has 0 aliphatic rings. The van der Waals surface area contributed by atoms with Crippen LogP contribution in [0.15, 0.2) is 17.3 Å². The van der Waals surface area contributed by atoms with Crippen molar-refractivity contribution in [3.8, 4) is 0 Å². The lowest BCUT2D eigenvalue weighted by atomic mass is 10.4. The first kappa shape index (κ1) is 17.4. The molecule has 0 radical (unpaired) electrons. The molecule has 0 aromatic carbocycles. The molecule has 0 atom stereocenters. The smallest absolute Gasteiger partial charge is 0.211 e. The minimum absolute atomic E-state index is 0.0850. The highest BCUT2D eigenvalue weighted by atomic mass is 32.2. The van der Waals surface area contributed by atoms with Crippen molar-refractivity contribution in [2.75, 3.05) is 25.4 Å². The molecule has 8 nitrogen and oxygen atoms in total. The summed E-state index contributed by atoms with van der Waals surface area (Å²) in [4.78, 5) is 4.43. The Bertz CT molecular complexity index is 552. The van der Waals surface area contributed by atoms with Crippen LogP contribution in [-0.4, -0.2) is 49.5 Å². The molecule has 0 amide bonds. The van der Waals surface area contributed by atoms with Gasteiger partial charge < -0.3 is 10.6 Å². The van der Waals surface area contributed by atoms with Gasteiger partial charge >= 0.3 is 0 Å².